The summed E-state index contributed by atoms with van der Waals surface area (Å²) in [6.45, 7) is 4.99. The summed E-state index contributed by atoms with van der Waals surface area (Å²) < 4.78 is 5.41. The van der Waals surface area contributed by atoms with Crippen LogP contribution in [0.3, 0.4) is 0 Å². The molecular weight excluding hydrogens is 202 g/mol. The van der Waals surface area contributed by atoms with Gasteiger partial charge in [0, 0.05) is 31.3 Å². The van der Waals surface area contributed by atoms with Crippen LogP contribution in [-0.4, -0.2) is 31.4 Å². The van der Waals surface area contributed by atoms with Crippen molar-refractivity contribution in [3.8, 4) is 5.75 Å². The normalized spacial score (nSPS) is 20.1. The van der Waals surface area contributed by atoms with Crippen LogP contribution in [-0.2, 0) is 0 Å². The van der Waals surface area contributed by atoms with Crippen LogP contribution in [0.1, 0.15) is 13.3 Å². The first-order chi connectivity index (χ1) is 7.83. The molecule has 0 radical (unpaired) electrons. The molecule has 16 heavy (non-hydrogen) atoms. The predicted molar refractivity (Wildman–Crippen MR) is 65.0 cm³/mol. The lowest BCUT2D eigenvalue weighted by atomic mass is 10.1. The average Bonchev–Trinajstić information content (AvgIpc) is 2.79. The van der Waals surface area contributed by atoms with Crippen LogP contribution in [0.4, 0.5) is 5.69 Å². The molecule has 2 rings (SSSR count). The lowest BCUT2D eigenvalue weighted by Gasteiger charge is -2.18. The Morgan fingerprint density at radius 1 is 1.38 bits per heavy atom. The third kappa shape index (κ3) is 2.47. The fourth-order valence-electron chi connectivity index (χ4n) is 2.14. The largest absolute Gasteiger partial charge is 0.494 e. The Hall–Kier alpha value is -1.22. The Kier molecular flexibility index (Phi) is 3.67. The number of hydrogen-bond acceptors (Lipinski definition) is 3. The van der Waals surface area contributed by atoms with Gasteiger partial charge in [-0.2, -0.15) is 0 Å². The quantitative estimate of drug-likeness (QED) is 0.843. The summed E-state index contributed by atoms with van der Waals surface area (Å²) in [6.07, 6.45) is 1.09. The van der Waals surface area contributed by atoms with Crippen LogP contribution >= 0.6 is 0 Å². The molecule has 0 spiro atoms. The summed E-state index contributed by atoms with van der Waals surface area (Å²) in [6, 6.07) is 8.19. The number of nitrogens with zero attached hydrogens (tertiary/aromatic N) is 1. The number of ether oxygens (including phenoxy) is 1. The van der Waals surface area contributed by atoms with Gasteiger partial charge in [-0.15, -0.1) is 0 Å². The summed E-state index contributed by atoms with van der Waals surface area (Å²) in [5, 5.41) is 9.10. The average molecular weight is 221 g/mol. The Morgan fingerprint density at radius 2 is 2.12 bits per heavy atom. The molecule has 1 N–H and O–H groups in total. The minimum Gasteiger partial charge on any atom is -0.494 e. The first-order valence-corrected chi connectivity index (χ1v) is 5.92. The highest BCUT2D eigenvalue weighted by atomic mass is 16.5. The van der Waals surface area contributed by atoms with Crippen molar-refractivity contribution in [1.82, 2.24) is 0 Å². The summed E-state index contributed by atoms with van der Waals surface area (Å²) in [5.41, 5.74) is 1.22. The number of aliphatic hydroxyl groups excluding tert-OH is 1. The molecule has 0 aromatic heterocycles. The van der Waals surface area contributed by atoms with Gasteiger partial charge in [0.15, 0.2) is 0 Å². The summed E-state index contributed by atoms with van der Waals surface area (Å²) >= 11 is 0. The Balaban J connectivity index is 1.99. The number of benzene rings is 1. The van der Waals surface area contributed by atoms with Crippen LogP contribution < -0.4 is 9.64 Å². The van der Waals surface area contributed by atoms with E-state index in [4.69, 9.17) is 9.84 Å². The van der Waals surface area contributed by atoms with Gasteiger partial charge in [-0.3, -0.25) is 0 Å². The topological polar surface area (TPSA) is 32.7 Å². The third-order valence-corrected chi connectivity index (χ3v) is 3.06. The second kappa shape index (κ2) is 5.21. The van der Waals surface area contributed by atoms with Crippen molar-refractivity contribution >= 4 is 5.69 Å². The van der Waals surface area contributed by atoms with Crippen molar-refractivity contribution < 1.29 is 9.84 Å². The maximum atomic E-state index is 9.10. The molecule has 1 aliphatic rings. The van der Waals surface area contributed by atoms with E-state index in [1.807, 2.05) is 19.1 Å². The van der Waals surface area contributed by atoms with Crippen molar-refractivity contribution in [3.63, 3.8) is 0 Å². The van der Waals surface area contributed by atoms with E-state index < -0.39 is 0 Å². The van der Waals surface area contributed by atoms with Gasteiger partial charge in [0.05, 0.1) is 6.61 Å². The highest BCUT2D eigenvalue weighted by Gasteiger charge is 2.21. The zero-order valence-corrected chi connectivity index (χ0v) is 9.72. The predicted octanol–water partition coefficient (Wildman–Crippen LogP) is 1.90. The smallest absolute Gasteiger partial charge is 0.119 e. The van der Waals surface area contributed by atoms with Crippen LogP contribution in [0.25, 0.3) is 0 Å². The molecule has 1 unspecified atom stereocenters. The van der Waals surface area contributed by atoms with E-state index in [2.05, 4.69) is 17.0 Å². The van der Waals surface area contributed by atoms with Crippen LogP contribution in [0, 0.1) is 5.92 Å². The second-order valence-electron chi connectivity index (χ2n) is 4.21. The molecule has 1 fully saturated rings. The molecule has 3 nitrogen and oxygen atoms in total. The third-order valence-electron chi connectivity index (χ3n) is 3.06. The molecule has 88 valence electrons. The Labute approximate surface area is 96.6 Å². The van der Waals surface area contributed by atoms with Crippen molar-refractivity contribution in [3.05, 3.63) is 24.3 Å². The Morgan fingerprint density at radius 3 is 2.69 bits per heavy atom. The first-order valence-electron chi connectivity index (χ1n) is 5.92. The van der Waals surface area contributed by atoms with Gasteiger partial charge in [0.1, 0.15) is 5.75 Å². The van der Waals surface area contributed by atoms with E-state index in [1.54, 1.807) is 0 Å². The van der Waals surface area contributed by atoms with Gasteiger partial charge < -0.3 is 14.7 Å². The molecule has 1 saturated heterocycles. The summed E-state index contributed by atoms with van der Waals surface area (Å²) in [5.74, 6) is 1.36. The van der Waals surface area contributed by atoms with Gasteiger partial charge in [-0.1, -0.05) is 0 Å². The van der Waals surface area contributed by atoms with E-state index in [0.717, 1.165) is 25.3 Å². The molecule has 0 aliphatic carbocycles. The lowest BCUT2D eigenvalue weighted by molar-refractivity contribution is 0.238. The van der Waals surface area contributed by atoms with E-state index in [9.17, 15) is 0 Å². The molecule has 3 heteroatoms. The highest BCUT2D eigenvalue weighted by molar-refractivity contribution is 5.49. The molecular formula is C13H19NO2. The Bertz CT molecular complexity index is 323. The van der Waals surface area contributed by atoms with Gasteiger partial charge in [0.25, 0.3) is 0 Å². The molecule has 1 atom stereocenters. The minimum atomic E-state index is 0.299. The molecule has 0 bridgehead atoms. The van der Waals surface area contributed by atoms with E-state index in [1.165, 1.54) is 5.69 Å². The monoisotopic (exact) mass is 221 g/mol. The van der Waals surface area contributed by atoms with Gasteiger partial charge in [-0.05, 0) is 37.6 Å². The lowest BCUT2D eigenvalue weighted by Crippen LogP contribution is -2.20. The van der Waals surface area contributed by atoms with Crippen molar-refractivity contribution in [2.24, 2.45) is 5.92 Å². The molecule has 1 aliphatic heterocycles. The van der Waals surface area contributed by atoms with Crippen molar-refractivity contribution in [2.45, 2.75) is 13.3 Å². The molecule has 1 aromatic rings. The zero-order chi connectivity index (χ0) is 11.4. The molecule has 1 heterocycles. The van der Waals surface area contributed by atoms with Gasteiger partial charge >= 0.3 is 0 Å². The van der Waals surface area contributed by atoms with Crippen LogP contribution in [0.5, 0.6) is 5.75 Å². The van der Waals surface area contributed by atoms with E-state index in [0.29, 0.717) is 19.1 Å². The maximum absolute atomic E-state index is 9.10. The summed E-state index contributed by atoms with van der Waals surface area (Å²) in [4.78, 5) is 2.32. The molecule has 0 amide bonds. The van der Waals surface area contributed by atoms with Gasteiger partial charge in [0.2, 0.25) is 0 Å². The highest BCUT2D eigenvalue weighted by Crippen LogP contribution is 2.25. The number of anilines is 1. The first kappa shape index (κ1) is 11.3. The van der Waals surface area contributed by atoms with Crippen LogP contribution in [0.15, 0.2) is 24.3 Å². The number of aliphatic hydroxyl groups is 1. The second-order valence-corrected chi connectivity index (χ2v) is 4.21. The van der Waals surface area contributed by atoms with Crippen molar-refractivity contribution in [1.29, 1.82) is 0 Å². The van der Waals surface area contributed by atoms with E-state index in [-0.39, 0.29) is 0 Å². The van der Waals surface area contributed by atoms with Crippen LogP contribution in [0.2, 0.25) is 0 Å². The zero-order valence-electron chi connectivity index (χ0n) is 9.72. The summed E-state index contributed by atoms with van der Waals surface area (Å²) in [7, 11) is 0. The van der Waals surface area contributed by atoms with Crippen molar-refractivity contribution in [2.75, 3.05) is 31.2 Å². The number of hydrogen-bond donors (Lipinski definition) is 1. The number of rotatable bonds is 4. The minimum absolute atomic E-state index is 0.299. The van der Waals surface area contributed by atoms with E-state index >= 15 is 0 Å². The fourth-order valence-corrected chi connectivity index (χ4v) is 2.14. The fraction of sp³-hybridized carbons (Fsp3) is 0.538. The molecule has 1 aromatic carbocycles. The molecule has 0 saturated carbocycles. The standard InChI is InChI=1S/C13H19NO2/c1-2-16-13-5-3-12(4-6-13)14-8-7-11(9-14)10-15/h3-6,11,15H,2,7-10H2,1H3. The SMILES string of the molecule is CCOc1ccc(N2CCC(CO)C2)cc1. The van der Waals surface area contributed by atoms with Gasteiger partial charge in [-0.25, -0.2) is 0 Å². The maximum Gasteiger partial charge on any atom is 0.119 e.